The summed E-state index contributed by atoms with van der Waals surface area (Å²) in [6.07, 6.45) is 0. The molecule has 0 aromatic heterocycles. The summed E-state index contributed by atoms with van der Waals surface area (Å²) < 4.78 is 5.64. The quantitative estimate of drug-likeness (QED) is 0.804. The molecule has 92 valence electrons. The first-order chi connectivity index (χ1) is 8.29. The Hall–Kier alpha value is -1.22. The Morgan fingerprint density at radius 2 is 2.29 bits per heavy atom. The van der Waals surface area contributed by atoms with Crippen LogP contribution in [-0.2, 0) is 4.74 Å². The molecule has 0 amide bonds. The van der Waals surface area contributed by atoms with Crippen molar-refractivity contribution in [1.29, 1.82) is 0 Å². The van der Waals surface area contributed by atoms with Gasteiger partial charge in [0.2, 0.25) is 0 Å². The Morgan fingerprint density at radius 3 is 3.12 bits per heavy atom. The van der Waals surface area contributed by atoms with Crippen molar-refractivity contribution >= 4 is 11.4 Å². The summed E-state index contributed by atoms with van der Waals surface area (Å²) in [6.45, 7) is 8.21. The second-order valence-corrected chi connectivity index (χ2v) is 5.05. The number of nitrogens with one attached hydrogen (secondary N) is 1. The zero-order valence-electron chi connectivity index (χ0n) is 10.6. The molecule has 1 saturated heterocycles. The Labute approximate surface area is 103 Å². The lowest BCUT2D eigenvalue weighted by atomic mass is 10.0. The predicted molar refractivity (Wildman–Crippen MR) is 70.8 cm³/mol. The van der Waals surface area contributed by atoms with E-state index in [1.54, 1.807) is 0 Å². The largest absolute Gasteiger partial charge is 0.383 e. The lowest BCUT2D eigenvalue weighted by Gasteiger charge is -2.31. The van der Waals surface area contributed by atoms with Crippen molar-refractivity contribution in [3.8, 4) is 0 Å². The third-order valence-electron chi connectivity index (χ3n) is 3.92. The van der Waals surface area contributed by atoms with E-state index in [2.05, 4.69) is 42.3 Å². The molecule has 17 heavy (non-hydrogen) atoms. The van der Waals surface area contributed by atoms with E-state index in [0.717, 1.165) is 26.3 Å². The van der Waals surface area contributed by atoms with Gasteiger partial charge in [0, 0.05) is 19.0 Å². The molecule has 3 heteroatoms. The van der Waals surface area contributed by atoms with Crippen LogP contribution in [0, 0.1) is 12.8 Å². The minimum atomic E-state index is 0.538. The molecule has 1 aromatic rings. The number of aryl methyl sites for hydroxylation is 1. The molecule has 3 rings (SSSR count). The highest BCUT2D eigenvalue weighted by atomic mass is 16.5. The minimum absolute atomic E-state index is 0.538. The number of ether oxygens (including phenoxy) is 1. The summed E-state index contributed by atoms with van der Waals surface area (Å²) in [4.78, 5) is 2.50. The van der Waals surface area contributed by atoms with Crippen molar-refractivity contribution in [1.82, 2.24) is 0 Å². The van der Waals surface area contributed by atoms with E-state index in [-0.39, 0.29) is 0 Å². The fraction of sp³-hybridized carbons (Fsp3) is 0.571. The van der Waals surface area contributed by atoms with Crippen molar-refractivity contribution in [2.45, 2.75) is 19.9 Å². The number of fused-ring (bicyclic) bond motifs is 2. The summed E-state index contributed by atoms with van der Waals surface area (Å²) in [5.74, 6) is 0.614. The lowest BCUT2D eigenvalue weighted by Crippen LogP contribution is -2.40. The highest BCUT2D eigenvalue weighted by Crippen LogP contribution is 2.35. The first kappa shape index (κ1) is 10.9. The van der Waals surface area contributed by atoms with Crippen molar-refractivity contribution in [3.05, 3.63) is 23.8 Å². The lowest BCUT2D eigenvalue weighted by molar-refractivity contribution is 0.185. The molecule has 2 atom stereocenters. The molecular weight excluding hydrogens is 212 g/mol. The second kappa shape index (κ2) is 4.22. The molecule has 1 aromatic carbocycles. The number of rotatable bonds is 1. The van der Waals surface area contributed by atoms with E-state index in [1.165, 1.54) is 16.9 Å². The van der Waals surface area contributed by atoms with Crippen LogP contribution >= 0.6 is 0 Å². The molecule has 2 aliphatic heterocycles. The minimum Gasteiger partial charge on any atom is -0.383 e. The fourth-order valence-corrected chi connectivity index (χ4v) is 2.98. The number of hydrogen-bond donors (Lipinski definition) is 1. The van der Waals surface area contributed by atoms with Crippen LogP contribution in [0.2, 0.25) is 0 Å². The van der Waals surface area contributed by atoms with E-state index >= 15 is 0 Å². The van der Waals surface area contributed by atoms with E-state index in [1.807, 2.05) is 0 Å². The monoisotopic (exact) mass is 232 g/mol. The number of benzene rings is 1. The van der Waals surface area contributed by atoms with E-state index < -0.39 is 0 Å². The summed E-state index contributed by atoms with van der Waals surface area (Å²) in [7, 11) is 0. The Kier molecular flexibility index (Phi) is 2.71. The van der Waals surface area contributed by atoms with Gasteiger partial charge in [-0.3, -0.25) is 0 Å². The molecule has 1 fully saturated rings. The molecule has 2 heterocycles. The number of nitrogens with zero attached hydrogens (tertiary/aromatic N) is 1. The van der Waals surface area contributed by atoms with Gasteiger partial charge in [0.15, 0.2) is 0 Å². The van der Waals surface area contributed by atoms with Gasteiger partial charge in [-0.25, -0.2) is 0 Å². The molecule has 0 saturated carbocycles. The van der Waals surface area contributed by atoms with Crippen molar-refractivity contribution < 1.29 is 4.74 Å². The van der Waals surface area contributed by atoms with E-state index in [0.29, 0.717) is 12.0 Å². The van der Waals surface area contributed by atoms with Gasteiger partial charge in [-0.05, 0) is 31.5 Å². The topological polar surface area (TPSA) is 24.5 Å². The Morgan fingerprint density at radius 1 is 1.41 bits per heavy atom. The van der Waals surface area contributed by atoms with Gasteiger partial charge in [0.05, 0.1) is 30.6 Å². The van der Waals surface area contributed by atoms with E-state index in [4.69, 9.17) is 4.74 Å². The highest BCUT2D eigenvalue weighted by molar-refractivity contribution is 5.72. The van der Waals surface area contributed by atoms with Gasteiger partial charge in [-0.15, -0.1) is 0 Å². The van der Waals surface area contributed by atoms with Crippen LogP contribution in [0.25, 0.3) is 0 Å². The zero-order valence-corrected chi connectivity index (χ0v) is 10.6. The second-order valence-electron chi connectivity index (χ2n) is 5.05. The maximum atomic E-state index is 5.64. The Balaban J connectivity index is 2.04. The summed E-state index contributed by atoms with van der Waals surface area (Å²) >= 11 is 0. The van der Waals surface area contributed by atoms with Gasteiger partial charge in [0.1, 0.15) is 0 Å². The summed E-state index contributed by atoms with van der Waals surface area (Å²) in [6, 6.07) is 7.20. The average molecular weight is 232 g/mol. The average Bonchev–Trinajstić information content (AvgIpc) is 2.72. The molecular formula is C14H20N2O. The van der Waals surface area contributed by atoms with Gasteiger partial charge in [0.25, 0.3) is 0 Å². The first-order valence-electron chi connectivity index (χ1n) is 6.48. The molecule has 0 aliphatic carbocycles. The van der Waals surface area contributed by atoms with Crippen LogP contribution in [0.15, 0.2) is 18.2 Å². The van der Waals surface area contributed by atoms with Crippen LogP contribution in [-0.4, -0.2) is 32.3 Å². The smallest absolute Gasteiger partial charge is 0.0674 e. The maximum Gasteiger partial charge on any atom is 0.0674 e. The molecule has 3 nitrogen and oxygen atoms in total. The van der Waals surface area contributed by atoms with Gasteiger partial charge < -0.3 is 15.0 Å². The molecule has 0 spiro atoms. The standard InChI is InChI=1S/C14H20N2O/c1-3-16-13-6-10(2)4-5-12(13)15-7-11-8-17-9-14(11)16/h4-6,11,14-15H,3,7-9H2,1-2H3. The van der Waals surface area contributed by atoms with Crippen LogP contribution in [0.1, 0.15) is 12.5 Å². The number of likely N-dealkylation sites (N-methyl/N-ethyl adjacent to an activating group) is 1. The molecule has 0 radical (unpaired) electrons. The predicted octanol–water partition coefficient (Wildman–Crippen LogP) is 2.26. The summed E-state index contributed by atoms with van der Waals surface area (Å²) in [5.41, 5.74) is 3.93. The van der Waals surface area contributed by atoms with Gasteiger partial charge in [-0.2, -0.15) is 0 Å². The van der Waals surface area contributed by atoms with Crippen LogP contribution in [0.4, 0.5) is 11.4 Å². The number of hydrogen-bond acceptors (Lipinski definition) is 3. The SMILES string of the molecule is CCN1c2cc(C)ccc2NCC2COCC21. The fourth-order valence-electron chi connectivity index (χ4n) is 2.98. The first-order valence-corrected chi connectivity index (χ1v) is 6.48. The van der Waals surface area contributed by atoms with Crippen LogP contribution in [0.5, 0.6) is 0 Å². The highest BCUT2D eigenvalue weighted by Gasteiger charge is 2.35. The molecule has 2 aliphatic rings. The van der Waals surface area contributed by atoms with E-state index in [9.17, 15) is 0 Å². The van der Waals surface area contributed by atoms with Crippen LogP contribution in [0.3, 0.4) is 0 Å². The third kappa shape index (κ3) is 1.78. The number of anilines is 2. The zero-order chi connectivity index (χ0) is 11.8. The molecule has 0 bridgehead atoms. The normalized spacial score (nSPS) is 27.1. The summed E-state index contributed by atoms with van der Waals surface area (Å²) in [5, 5.41) is 3.57. The van der Waals surface area contributed by atoms with Crippen molar-refractivity contribution in [2.75, 3.05) is 36.5 Å². The van der Waals surface area contributed by atoms with Gasteiger partial charge in [-0.1, -0.05) is 6.07 Å². The van der Waals surface area contributed by atoms with Crippen molar-refractivity contribution in [3.63, 3.8) is 0 Å². The third-order valence-corrected chi connectivity index (χ3v) is 3.92. The van der Waals surface area contributed by atoms with Crippen molar-refractivity contribution in [2.24, 2.45) is 5.92 Å². The molecule has 1 N–H and O–H groups in total. The Bertz CT molecular complexity index is 419. The maximum absolute atomic E-state index is 5.64. The molecule has 2 unspecified atom stereocenters. The van der Waals surface area contributed by atoms with Crippen LogP contribution < -0.4 is 10.2 Å². The van der Waals surface area contributed by atoms with Gasteiger partial charge >= 0.3 is 0 Å².